The number of aryl methyl sites for hydroxylation is 1. The maximum Gasteiger partial charge on any atom is 0.245 e. The van der Waals surface area contributed by atoms with Gasteiger partial charge in [0.15, 0.2) is 17.3 Å². The molecule has 5 aromatic heterocycles. The van der Waals surface area contributed by atoms with Crippen LogP contribution in [0.15, 0.2) is 86.0 Å². The van der Waals surface area contributed by atoms with Crippen LogP contribution >= 0.6 is 0 Å². The van der Waals surface area contributed by atoms with Crippen molar-refractivity contribution in [2.75, 3.05) is 18.8 Å². The Morgan fingerprint density at radius 1 is 1.02 bits per heavy atom. The smallest absolute Gasteiger partial charge is 0.245 e. The largest absolute Gasteiger partial charge is 0.383 e. The molecule has 224 valence electrons. The lowest BCUT2D eigenvalue weighted by Gasteiger charge is -2.30. The summed E-state index contributed by atoms with van der Waals surface area (Å²) >= 11 is 0. The van der Waals surface area contributed by atoms with E-state index in [1.807, 2.05) is 46.1 Å². The molecule has 0 saturated carbocycles. The zero-order valence-electron chi connectivity index (χ0n) is 24.6. The van der Waals surface area contributed by atoms with Crippen molar-refractivity contribution < 1.29 is 4.79 Å². The average molecular weight is 598 g/mol. The molecule has 6 heterocycles. The van der Waals surface area contributed by atoms with E-state index in [0.717, 1.165) is 48.1 Å². The van der Waals surface area contributed by atoms with Gasteiger partial charge >= 0.3 is 0 Å². The Labute approximate surface area is 258 Å². The second-order valence-corrected chi connectivity index (χ2v) is 11.5. The van der Waals surface area contributed by atoms with Gasteiger partial charge in [-0.25, -0.2) is 24.3 Å². The topological polar surface area (TPSA) is 138 Å². The Balaban J connectivity index is 1.14. The van der Waals surface area contributed by atoms with Crippen LogP contribution in [0.1, 0.15) is 48.0 Å². The summed E-state index contributed by atoms with van der Waals surface area (Å²) in [7, 11) is 0. The summed E-state index contributed by atoms with van der Waals surface area (Å²) in [6, 6.07) is 16.2. The van der Waals surface area contributed by atoms with Crippen LogP contribution in [0.3, 0.4) is 0 Å². The van der Waals surface area contributed by atoms with Gasteiger partial charge < -0.3 is 10.6 Å². The zero-order valence-corrected chi connectivity index (χ0v) is 24.6. The van der Waals surface area contributed by atoms with Crippen molar-refractivity contribution in [3.8, 4) is 22.9 Å². The van der Waals surface area contributed by atoms with Gasteiger partial charge in [0.2, 0.25) is 5.91 Å². The summed E-state index contributed by atoms with van der Waals surface area (Å²) in [4.78, 5) is 28.1. The number of rotatable bonds is 6. The molecule has 1 amide bonds. The van der Waals surface area contributed by atoms with Gasteiger partial charge in [-0.2, -0.15) is 5.10 Å². The summed E-state index contributed by atoms with van der Waals surface area (Å²) in [5.74, 6) is 2.07. The van der Waals surface area contributed by atoms with Crippen LogP contribution < -0.4 is 5.73 Å². The van der Waals surface area contributed by atoms with Crippen LogP contribution in [-0.2, 0) is 11.2 Å². The van der Waals surface area contributed by atoms with Crippen LogP contribution in [0.4, 0.5) is 5.82 Å². The van der Waals surface area contributed by atoms with E-state index in [1.54, 1.807) is 17.1 Å². The van der Waals surface area contributed by atoms with Crippen LogP contribution in [0, 0.1) is 0 Å². The quantitative estimate of drug-likeness (QED) is 0.281. The average Bonchev–Trinajstić information content (AvgIpc) is 3.90. The number of carbonyl (C=O) groups excluding carboxylic acids is 1. The minimum absolute atomic E-state index is 0.00659. The fourth-order valence-electron chi connectivity index (χ4n) is 6.66. The number of benzene rings is 1. The molecule has 8 rings (SSSR count). The Morgan fingerprint density at radius 3 is 2.71 bits per heavy atom. The Morgan fingerprint density at radius 2 is 1.91 bits per heavy atom. The highest BCUT2D eigenvalue weighted by molar-refractivity contribution is 5.87. The normalized spacial score (nSPS) is 16.7. The van der Waals surface area contributed by atoms with E-state index in [2.05, 4.69) is 55.9 Å². The zero-order chi connectivity index (χ0) is 30.5. The fourth-order valence-corrected chi connectivity index (χ4v) is 6.66. The van der Waals surface area contributed by atoms with Crippen molar-refractivity contribution >= 4 is 22.9 Å². The van der Waals surface area contributed by atoms with Crippen LogP contribution in [-0.4, -0.2) is 68.2 Å². The summed E-state index contributed by atoms with van der Waals surface area (Å²) in [6.45, 7) is 5.04. The van der Waals surface area contributed by atoms with Gasteiger partial charge in [-0.1, -0.05) is 17.9 Å². The highest BCUT2D eigenvalue weighted by Crippen LogP contribution is 2.38. The number of aromatic nitrogens is 9. The Kier molecular flexibility index (Phi) is 6.47. The highest BCUT2D eigenvalue weighted by atomic mass is 16.2. The van der Waals surface area contributed by atoms with E-state index in [1.165, 1.54) is 17.2 Å². The van der Waals surface area contributed by atoms with Crippen molar-refractivity contribution in [3.05, 3.63) is 103 Å². The van der Waals surface area contributed by atoms with E-state index in [4.69, 9.17) is 15.7 Å². The number of fused-ring (bicyclic) bond motifs is 2. The third-order valence-corrected chi connectivity index (χ3v) is 8.99. The molecule has 12 nitrogen and oxygen atoms in total. The number of piperidine rings is 1. The molecule has 2 N–H and O–H groups in total. The highest BCUT2D eigenvalue weighted by Gasteiger charge is 2.29. The second kappa shape index (κ2) is 10.8. The third-order valence-electron chi connectivity index (χ3n) is 8.99. The molecule has 6 aromatic rings. The van der Waals surface area contributed by atoms with Crippen molar-refractivity contribution in [1.82, 2.24) is 49.2 Å². The molecular weight excluding hydrogens is 566 g/mol. The molecule has 0 bridgehead atoms. The van der Waals surface area contributed by atoms with Crippen LogP contribution in [0.5, 0.6) is 0 Å². The SMILES string of the molecule is C=CC(=O)N1CCC(c2cn([C@H]3CCc4cc(-n5c(-c6cccnc6N)nc6ccc(-n7cccn7)nc65)ccc43)nn2)CC1. The molecule has 1 aromatic carbocycles. The monoisotopic (exact) mass is 597 g/mol. The van der Waals surface area contributed by atoms with Crippen molar-refractivity contribution in [1.29, 1.82) is 0 Å². The van der Waals surface area contributed by atoms with Gasteiger partial charge in [0.25, 0.3) is 0 Å². The molecule has 1 fully saturated rings. The third kappa shape index (κ3) is 4.65. The first-order chi connectivity index (χ1) is 22.1. The molecule has 12 heteroatoms. The van der Waals surface area contributed by atoms with Crippen molar-refractivity contribution in [2.24, 2.45) is 0 Å². The van der Waals surface area contributed by atoms with Crippen molar-refractivity contribution in [3.63, 3.8) is 0 Å². The van der Waals surface area contributed by atoms with Gasteiger partial charge in [-0.05, 0) is 85.4 Å². The summed E-state index contributed by atoms with van der Waals surface area (Å²) < 4.78 is 5.80. The number of carbonyl (C=O) groups is 1. The van der Waals surface area contributed by atoms with Gasteiger partial charge in [0, 0.05) is 49.5 Å². The molecule has 1 aliphatic heterocycles. The molecule has 0 spiro atoms. The molecule has 1 aliphatic carbocycles. The molecule has 0 unspecified atom stereocenters. The summed E-state index contributed by atoms with van der Waals surface area (Å²) in [5, 5.41) is 13.5. The standard InChI is InChI=1S/C33H31N11O/c1-2-30(45)41-17-12-21(13-18-41)27-20-43(40-39-27)28-10-6-22-19-23(7-8-24(22)28)44-32(25-5-3-14-35-31(25)34)37-26-9-11-29(38-33(26)44)42-16-4-15-36-42/h2-5,7-9,11,14-16,19-21,28H,1,6,10,12-13,17-18H2,(H2,34,35)/t28-/m0/s1. The predicted molar refractivity (Wildman–Crippen MR) is 169 cm³/mol. The van der Waals surface area contributed by atoms with E-state index < -0.39 is 0 Å². The molecular formula is C33H31N11O. The number of hydrogen-bond acceptors (Lipinski definition) is 8. The lowest BCUT2D eigenvalue weighted by atomic mass is 9.94. The number of amides is 1. The maximum atomic E-state index is 12.0. The molecule has 1 atom stereocenters. The first-order valence-electron chi connectivity index (χ1n) is 15.1. The van der Waals surface area contributed by atoms with E-state index in [-0.39, 0.29) is 11.9 Å². The van der Waals surface area contributed by atoms with E-state index in [0.29, 0.717) is 42.1 Å². The van der Waals surface area contributed by atoms with Crippen molar-refractivity contribution in [2.45, 2.75) is 37.6 Å². The number of nitrogens with two attached hydrogens (primary N) is 1. The fraction of sp³-hybridized carbons (Fsp3) is 0.242. The minimum Gasteiger partial charge on any atom is -0.383 e. The Hall–Kier alpha value is -5.65. The predicted octanol–water partition coefficient (Wildman–Crippen LogP) is 4.27. The lowest BCUT2D eigenvalue weighted by Crippen LogP contribution is -2.36. The van der Waals surface area contributed by atoms with Gasteiger partial charge in [-0.15, -0.1) is 5.10 Å². The first-order valence-corrected chi connectivity index (χ1v) is 15.1. The van der Waals surface area contributed by atoms with E-state index in [9.17, 15) is 4.79 Å². The number of nitrogen functional groups attached to an aromatic ring is 1. The second-order valence-electron chi connectivity index (χ2n) is 11.5. The number of imidazole rings is 1. The number of pyridine rings is 2. The van der Waals surface area contributed by atoms with Gasteiger partial charge in [0.05, 0.1) is 17.3 Å². The molecule has 2 aliphatic rings. The molecule has 0 radical (unpaired) electrons. The summed E-state index contributed by atoms with van der Waals surface area (Å²) in [6.07, 6.45) is 12.4. The number of nitrogens with zero attached hydrogens (tertiary/aromatic N) is 10. The van der Waals surface area contributed by atoms with Crippen LogP contribution in [0.25, 0.3) is 34.1 Å². The number of likely N-dealkylation sites (tertiary alicyclic amines) is 1. The molecule has 1 saturated heterocycles. The van der Waals surface area contributed by atoms with Gasteiger partial charge in [0.1, 0.15) is 11.3 Å². The van der Waals surface area contributed by atoms with E-state index >= 15 is 0 Å². The molecule has 45 heavy (non-hydrogen) atoms. The first kappa shape index (κ1) is 26.9. The number of hydrogen-bond donors (Lipinski definition) is 1. The number of anilines is 1. The minimum atomic E-state index is -0.00659. The van der Waals surface area contributed by atoms with Gasteiger partial charge in [-0.3, -0.25) is 9.36 Å². The maximum absolute atomic E-state index is 12.0. The summed E-state index contributed by atoms with van der Waals surface area (Å²) in [5.41, 5.74) is 13.0. The Bertz CT molecular complexity index is 2050. The van der Waals surface area contributed by atoms with Crippen LogP contribution in [0.2, 0.25) is 0 Å². The lowest BCUT2D eigenvalue weighted by molar-refractivity contribution is -0.127.